The number of aryl methyl sites for hydroxylation is 2. The molecule has 0 aromatic carbocycles. The van der Waals surface area contributed by atoms with Crippen LogP contribution in [0.3, 0.4) is 0 Å². The van der Waals surface area contributed by atoms with E-state index in [-0.39, 0.29) is 5.95 Å². The first kappa shape index (κ1) is 15.1. The maximum atomic E-state index is 5.75. The second-order valence-electron chi connectivity index (χ2n) is 5.05. The summed E-state index contributed by atoms with van der Waals surface area (Å²) >= 11 is 0. The molecular weight excluding hydrogens is 266 g/mol. The Morgan fingerprint density at radius 1 is 1.19 bits per heavy atom. The highest BCUT2D eigenvalue weighted by molar-refractivity contribution is 5.51. The van der Waals surface area contributed by atoms with Gasteiger partial charge in [0, 0.05) is 37.5 Å². The average molecular weight is 289 g/mol. The van der Waals surface area contributed by atoms with Gasteiger partial charge in [0.05, 0.1) is 5.69 Å². The number of nitrogen functional groups attached to an aromatic ring is 1. The van der Waals surface area contributed by atoms with Crippen LogP contribution in [0.2, 0.25) is 0 Å². The van der Waals surface area contributed by atoms with Gasteiger partial charge in [0.1, 0.15) is 11.6 Å². The molecule has 0 saturated carbocycles. The lowest BCUT2D eigenvalue weighted by molar-refractivity contribution is 0.730. The van der Waals surface area contributed by atoms with Crippen LogP contribution < -0.4 is 16.4 Å². The molecule has 0 atom stereocenters. The third-order valence-corrected chi connectivity index (χ3v) is 3.40. The molecule has 2 aromatic rings. The van der Waals surface area contributed by atoms with Gasteiger partial charge < -0.3 is 16.4 Å². The van der Waals surface area contributed by atoms with Crippen LogP contribution in [-0.4, -0.2) is 26.3 Å². The van der Waals surface area contributed by atoms with E-state index in [0.29, 0.717) is 12.4 Å². The van der Waals surface area contributed by atoms with Crippen LogP contribution in [-0.2, 0) is 13.6 Å². The zero-order chi connectivity index (χ0) is 15.4. The van der Waals surface area contributed by atoms with Gasteiger partial charge in [0.25, 0.3) is 0 Å². The van der Waals surface area contributed by atoms with Gasteiger partial charge in [-0.1, -0.05) is 6.92 Å². The molecule has 0 unspecified atom stereocenters. The second kappa shape index (κ2) is 6.43. The predicted octanol–water partition coefficient (Wildman–Crippen LogP) is 1.84. The van der Waals surface area contributed by atoms with Crippen molar-refractivity contribution in [2.45, 2.75) is 33.7 Å². The Labute approximate surface area is 125 Å². The topological polar surface area (TPSA) is 93.7 Å². The molecule has 2 heterocycles. The molecule has 0 saturated heterocycles. The molecule has 7 nitrogen and oxygen atoms in total. The maximum absolute atomic E-state index is 5.75. The third kappa shape index (κ3) is 3.62. The minimum atomic E-state index is 0.262. The molecule has 0 spiro atoms. The first-order valence-corrected chi connectivity index (χ1v) is 7.12. The number of aromatic nitrogens is 4. The van der Waals surface area contributed by atoms with E-state index in [9.17, 15) is 0 Å². The predicted molar refractivity (Wildman–Crippen MR) is 85.2 cm³/mol. The number of nitrogens with one attached hydrogen (secondary N) is 2. The number of nitrogens with two attached hydrogens (primary N) is 1. The van der Waals surface area contributed by atoms with Gasteiger partial charge in [-0.05, 0) is 20.3 Å². The normalized spacial score (nSPS) is 10.7. The standard InChI is InChI=1S/C14H23N7/c1-5-6-16-12-7-13(19-14(15)18-12)17-8-11-9(2)20-21(4)10(11)3/h7H,5-6,8H2,1-4H3,(H4,15,16,17,18,19). The number of hydrogen-bond donors (Lipinski definition) is 3. The fourth-order valence-electron chi connectivity index (χ4n) is 2.15. The van der Waals surface area contributed by atoms with Crippen molar-refractivity contribution in [3.8, 4) is 0 Å². The fraction of sp³-hybridized carbons (Fsp3) is 0.500. The summed E-state index contributed by atoms with van der Waals surface area (Å²) < 4.78 is 1.88. The van der Waals surface area contributed by atoms with E-state index in [1.54, 1.807) is 0 Å². The van der Waals surface area contributed by atoms with Gasteiger partial charge in [-0.3, -0.25) is 4.68 Å². The Kier molecular flexibility index (Phi) is 4.62. The fourth-order valence-corrected chi connectivity index (χ4v) is 2.15. The number of nitrogens with zero attached hydrogens (tertiary/aromatic N) is 4. The minimum Gasteiger partial charge on any atom is -0.370 e. The van der Waals surface area contributed by atoms with Gasteiger partial charge in [0.15, 0.2) is 0 Å². The zero-order valence-electron chi connectivity index (χ0n) is 13.1. The Bertz CT molecular complexity index is 618. The summed E-state index contributed by atoms with van der Waals surface area (Å²) in [5.41, 5.74) is 9.09. The van der Waals surface area contributed by atoms with Gasteiger partial charge in [-0.2, -0.15) is 15.1 Å². The molecule has 0 bridgehead atoms. The lowest BCUT2D eigenvalue weighted by Gasteiger charge is -2.10. The zero-order valence-corrected chi connectivity index (χ0v) is 13.1. The highest BCUT2D eigenvalue weighted by Gasteiger charge is 2.09. The van der Waals surface area contributed by atoms with Crippen LogP contribution in [0.1, 0.15) is 30.3 Å². The highest BCUT2D eigenvalue weighted by atomic mass is 15.3. The van der Waals surface area contributed by atoms with Crippen molar-refractivity contribution < 1.29 is 0 Å². The quantitative estimate of drug-likeness (QED) is 0.751. The second-order valence-corrected chi connectivity index (χ2v) is 5.05. The Morgan fingerprint density at radius 3 is 2.43 bits per heavy atom. The van der Waals surface area contributed by atoms with Crippen molar-refractivity contribution >= 4 is 17.6 Å². The summed E-state index contributed by atoms with van der Waals surface area (Å²) in [7, 11) is 1.95. The smallest absolute Gasteiger partial charge is 0.223 e. The Hall–Kier alpha value is -2.31. The largest absolute Gasteiger partial charge is 0.370 e. The van der Waals surface area contributed by atoms with Crippen molar-refractivity contribution in [1.29, 1.82) is 0 Å². The first-order chi connectivity index (χ1) is 10.0. The van der Waals surface area contributed by atoms with Crippen molar-refractivity contribution in [2.24, 2.45) is 7.05 Å². The van der Waals surface area contributed by atoms with E-state index in [1.165, 1.54) is 5.56 Å². The number of hydrogen-bond acceptors (Lipinski definition) is 6. The summed E-state index contributed by atoms with van der Waals surface area (Å²) in [6, 6.07) is 1.87. The van der Waals surface area contributed by atoms with Crippen molar-refractivity contribution in [3.05, 3.63) is 23.0 Å². The summed E-state index contributed by atoms with van der Waals surface area (Å²) in [4.78, 5) is 8.38. The molecule has 0 aliphatic heterocycles. The molecule has 7 heteroatoms. The van der Waals surface area contributed by atoms with Crippen LogP contribution in [0.4, 0.5) is 17.6 Å². The van der Waals surface area contributed by atoms with Crippen molar-refractivity contribution in [1.82, 2.24) is 19.7 Å². The summed E-state index contributed by atoms with van der Waals surface area (Å²) in [5.74, 6) is 1.72. The number of anilines is 3. The molecule has 0 radical (unpaired) electrons. The molecule has 4 N–H and O–H groups in total. The minimum absolute atomic E-state index is 0.262. The van der Waals surface area contributed by atoms with Crippen LogP contribution in [0.25, 0.3) is 0 Å². The molecule has 114 valence electrons. The lowest BCUT2D eigenvalue weighted by Crippen LogP contribution is -2.09. The van der Waals surface area contributed by atoms with E-state index >= 15 is 0 Å². The SMILES string of the molecule is CCCNc1cc(NCc2c(C)nn(C)c2C)nc(N)n1. The number of rotatable bonds is 6. The summed E-state index contributed by atoms with van der Waals surface area (Å²) in [6.07, 6.45) is 1.03. The van der Waals surface area contributed by atoms with Gasteiger partial charge in [-0.15, -0.1) is 0 Å². The molecule has 0 aliphatic carbocycles. The van der Waals surface area contributed by atoms with Crippen molar-refractivity contribution in [2.75, 3.05) is 22.9 Å². The summed E-state index contributed by atoms with van der Waals surface area (Å²) in [6.45, 7) is 7.68. The molecule has 0 amide bonds. The lowest BCUT2D eigenvalue weighted by atomic mass is 10.2. The molecule has 21 heavy (non-hydrogen) atoms. The van der Waals surface area contributed by atoms with Crippen LogP contribution >= 0.6 is 0 Å². The van der Waals surface area contributed by atoms with E-state index in [2.05, 4.69) is 39.5 Å². The monoisotopic (exact) mass is 289 g/mol. The van der Waals surface area contributed by atoms with Crippen molar-refractivity contribution in [3.63, 3.8) is 0 Å². The Morgan fingerprint density at radius 2 is 1.86 bits per heavy atom. The van der Waals surface area contributed by atoms with E-state index < -0.39 is 0 Å². The highest BCUT2D eigenvalue weighted by Crippen LogP contribution is 2.16. The molecule has 2 aromatic heterocycles. The van der Waals surface area contributed by atoms with Gasteiger partial charge >= 0.3 is 0 Å². The Balaban J connectivity index is 2.10. The van der Waals surface area contributed by atoms with E-state index in [4.69, 9.17) is 5.73 Å². The third-order valence-electron chi connectivity index (χ3n) is 3.40. The summed E-state index contributed by atoms with van der Waals surface area (Å²) in [5, 5.41) is 10.9. The van der Waals surface area contributed by atoms with Gasteiger partial charge in [0.2, 0.25) is 5.95 Å². The van der Waals surface area contributed by atoms with Crippen LogP contribution in [0, 0.1) is 13.8 Å². The molecule has 0 aliphatic rings. The maximum Gasteiger partial charge on any atom is 0.223 e. The van der Waals surface area contributed by atoms with Gasteiger partial charge in [-0.25, -0.2) is 0 Å². The van der Waals surface area contributed by atoms with E-state index in [1.807, 2.05) is 24.7 Å². The first-order valence-electron chi connectivity index (χ1n) is 7.12. The molecule has 0 fully saturated rings. The van der Waals surface area contributed by atoms with Crippen LogP contribution in [0.5, 0.6) is 0 Å². The van der Waals surface area contributed by atoms with E-state index in [0.717, 1.165) is 30.2 Å². The average Bonchev–Trinajstić information content (AvgIpc) is 2.67. The van der Waals surface area contributed by atoms with Crippen LogP contribution in [0.15, 0.2) is 6.07 Å². The molecular formula is C14H23N7. The molecule has 2 rings (SSSR count).